The zero-order valence-corrected chi connectivity index (χ0v) is 20.7. The third-order valence-electron chi connectivity index (χ3n) is 6.85. The summed E-state index contributed by atoms with van der Waals surface area (Å²) in [4.78, 5) is 17.1. The van der Waals surface area contributed by atoms with Crippen LogP contribution in [-0.2, 0) is 22.0 Å². The summed E-state index contributed by atoms with van der Waals surface area (Å²) < 4.78 is 14.3. The molecule has 0 aliphatic carbocycles. The third-order valence-corrected chi connectivity index (χ3v) is 6.85. The molecular formula is C28H36FN3O. The first-order valence-corrected chi connectivity index (χ1v) is 11.9. The van der Waals surface area contributed by atoms with Crippen LogP contribution in [0.25, 0.3) is 10.9 Å². The van der Waals surface area contributed by atoms with Gasteiger partial charge in [-0.15, -0.1) is 0 Å². The number of nitrogens with one attached hydrogen (secondary N) is 2. The predicted molar refractivity (Wildman–Crippen MR) is 134 cm³/mol. The van der Waals surface area contributed by atoms with Crippen molar-refractivity contribution in [1.29, 1.82) is 0 Å². The number of carbonyl (C=O) groups excluding carboxylic acids is 1. The molecule has 0 saturated carbocycles. The topological polar surface area (TPSA) is 48.1 Å². The lowest BCUT2D eigenvalue weighted by molar-refractivity contribution is -0.127. The molecule has 0 spiro atoms. The smallest absolute Gasteiger partial charge is 0.219 e. The average molecular weight is 450 g/mol. The van der Waals surface area contributed by atoms with Crippen molar-refractivity contribution in [2.24, 2.45) is 0 Å². The van der Waals surface area contributed by atoms with Crippen molar-refractivity contribution in [3.05, 3.63) is 65.1 Å². The Morgan fingerprint density at radius 2 is 1.91 bits per heavy atom. The minimum atomic E-state index is -0.196. The van der Waals surface area contributed by atoms with Crippen molar-refractivity contribution >= 4 is 22.5 Å². The van der Waals surface area contributed by atoms with E-state index < -0.39 is 0 Å². The van der Waals surface area contributed by atoms with Gasteiger partial charge in [-0.1, -0.05) is 46.8 Å². The van der Waals surface area contributed by atoms with E-state index >= 15 is 0 Å². The maximum absolute atomic E-state index is 14.3. The first-order valence-electron chi connectivity index (χ1n) is 11.9. The highest BCUT2D eigenvalue weighted by atomic mass is 19.1. The van der Waals surface area contributed by atoms with Crippen LogP contribution in [0, 0.1) is 5.82 Å². The van der Waals surface area contributed by atoms with E-state index in [1.54, 1.807) is 13.0 Å². The largest absolute Gasteiger partial charge is 0.380 e. The van der Waals surface area contributed by atoms with Gasteiger partial charge < -0.3 is 15.2 Å². The zero-order chi connectivity index (χ0) is 24.0. The standard InChI is InChI=1S/C28H36FN3O/c1-18(33)32-11-10-21(17-32)30-22-13-19(12-20(14-22)27(2,3)4)16-28(5,6)26-15-23-24(29)8-7-9-25(23)31-26/h7-9,12-15,21,30-31H,10-11,16-17H2,1-6H3/t21-/m1/s1. The molecule has 2 N–H and O–H groups in total. The zero-order valence-electron chi connectivity index (χ0n) is 20.7. The second-order valence-corrected chi connectivity index (χ2v) is 11.2. The monoisotopic (exact) mass is 449 g/mol. The fourth-order valence-electron chi connectivity index (χ4n) is 4.80. The van der Waals surface area contributed by atoms with E-state index in [-0.39, 0.29) is 28.6 Å². The fraction of sp³-hybridized carbons (Fsp3) is 0.464. The summed E-state index contributed by atoms with van der Waals surface area (Å²) in [6, 6.07) is 14.2. The summed E-state index contributed by atoms with van der Waals surface area (Å²) in [6.07, 6.45) is 1.78. The number of fused-ring (bicyclic) bond motifs is 1. The number of aromatic nitrogens is 1. The number of hydrogen-bond donors (Lipinski definition) is 2. The highest BCUT2D eigenvalue weighted by Crippen LogP contribution is 2.34. The number of aromatic amines is 1. The molecule has 176 valence electrons. The lowest BCUT2D eigenvalue weighted by Crippen LogP contribution is -2.29. The maximum Gasteiger partial charge on any atom is 0.219 e. The van der Waals surface area contributed by atoms with Gasteiger partial charge in [0.15, 0.2) is 0 Å². The number of nitrogens with zero attached hydrogens (tertiary/aromatic N) is 1. The lowest BCUT2D eigenvalue weighted by atomic mass is 9.80. The summed E-state index contributed by atoms with van der Waals surface area (Å²) in [5.74, 6) is -0.0527. The van der Waals surface area contributed by atoms with Gasteiger partial charge in [-0.25, -0.2) is 4.39 Å². The Kier molecular flexibility index (Phi) is 6.02. The van der Waals surface area contributed by atoms with Crippen molar-refractivity contribution in [1.82, 2.24) is 9.88 Å². The van der Waals surface area contributed by atoms with E-state index in [4.69, 9.17) is 0 Å². The van der Waals surface area contributed by atoms with E-state index in [2.05, 4.69) is 63.1 Å². The maximum atomic E-state index is 14.3. The van der Waals surface area contributed by atoms with Gasteiger partial charge in [0.05, 0.1) is 0 Å². The average Bonchev–Trinajstić information content (AvgIpc) is 3.35. The van der Waals surface area contributed by atoms with Crippen molar-refractivity contribution in [2.75, 3.05) is 18.4 Å². The highest BCUT2D eigenvalue weighted by molar-refractivity contribution is 5.81. The molecule has 1 fully saturated rings. The van der Waals surface area contributed by atoms with Gasteiger partial charge in [0.2, 0.25) is 5.91 Å². The van der Waals surface area contributed by atoms with Crippen LogP contribution in [-0.4, -0.2) is 34.9 Å². The molecular weight excluding hydrogens is 413 g/mol. The predicted octanol–water partition coefficient (Wildman–Crippen LogP) is 6.16. The van der Waals surface area contributed by atoms with Crippen molar-refractivity contribution in [3.8, 4) is 0 Å². The molecule has 0 radical (unpaired) electrons. The Labute approximate surface area is 196 Å². The van der Waals surface area contributed by atoms with Gasteiger partial charge >= 0.3 is 0 Å². The molecule has 1 amide bonds. The molecule has 0 bridgehead atoms. The Morgan fingerprint density at radius 3 is 2.55 bits per heavy atom. The molecule has 1 atom stereocenters. The van der Waals surface area contributed by atoms with E-state index in [0.717, 1.165) is 42.8 Å². The van der Waals surface area contributed by atoms with Crippen LogP contribution >= 0.6 is 0 Å². The summed E-state index contributed by atoms with van der Waals surface area (Å²) in [5, 5.41) is 4.32. The summed E-state index contributed by atoms with van der Waals surface area (Å²) in [6.45, 7) is 14.3. The van der Waals surface area contributed by atoms with Gasteiger partial charge in [-0.05, 0) is 59.7 Å². The normalized spacial score (nSPS) is 17.1. The van der Waals surface area contributed by atoms with E-state index in [1.807, 2.05) is 17.0 Å². The summed E-state index contributed by atoms with van der Waals surface area (Å²) in [5.41, 5.74) is 5.32. The van der Waals surface area contributed by atoms with Crippen LogP contribution in [0.3, 0.4) is 0 Å². The molecule has 4 rings (SSSR count). The number of H-pyrrole nitrogens is 1. The molecule has 1 aromatic heterocycles. The Hall–Kier alpha value is -2.82. The van der Waals surface area contributed by atoms with E-state index in [1.165, 1.54) is 17.2 Å². The Balaban J connectivity index is 1.62. The van der Waals surface area contributed by atoms with Crippen molar-refractivity contribution < 1.29 is 9.18 Å². The van der Waals surface area contributed by atoms with Gasteiger partial charge in [0, 0.05) is 53.8 Å². The number of carbonyl (C=O) groups is 1. The molecule has 5 heteroatoms. The lowest BCUT2D eigenvalue weighted by Gasteiger charge is -2.27. The van der Waals surface area contributed by atoms with Crippen LogP contribution in [0.5, 0.6) is 0 Å². The molecule has 4 nitrogen and oxygen atoms in total. The van der Waals surface area contributed by atoms with Crippen molar-refractivity contribution in [2.45, 2.75) is 71.3 Å². The number of anilines is 1. The second kappa shape index (κ2) is 8.51. The van der Waals surface area contributed by atoms with E-state index in [0.29, 0.717) is 5.39 Å². The first kappa shape index (κ1) is 23.3. The number of benzene rings is 2. The van der Waals surface area contributed by atoms with E-state index in [9.17, 15) is 9.18 Å². The molecule has 3 aromatic rings. The molecule has 0 unspecified atom stereocenters. The summed E-state index contributed by atoms with van der Waals surface area (Å²) in [7, 11) is 0. The number of hydrogen-bond acceptors (Lipinski definition) is 2. The van der Waals surface area contributed by atoms with Crippen LogP contribution in [0.4, 0.5) is 10.1 Å². The number of amides is 1. The Bertz CT molecular complexity index is 1170. The SMILES string of the molecule is CC(=O)N1CC[C@@H](Nc2cc(CC(C)(C)c3cc4c(F)cccc4[nH]3)cc(C(C)(C)C)c2)C1. The molecule has 1 aliphatic rings. The molecule has 33 heavy (non-hydrogen) atoms. The third kappa shape index (κ3) is 5.07. The minimum Gasteiger partial charge on any atom is -0.380 e. The molecule has 2 heterocycles. The molecule has 2 aromatic carbocycles. The van der Waals surface area contributed by atoms with Crippen LogP contribution in [0.15, 0.2) is 42.5 Å². The molecule has 1 saturated heterocycles. The van der Waals surface area contributed by atoms with Gasteiger partial charge in [-0.2, -0.15) is 0 Å². The summed E-state index contributed by atoms with van der Waals surface area (Å²) >= 11 is 0. The number of rotatable bonds is 5. The van der Waals surface area contributed by atoms with Gasteiger partial charge in [0.1, 0.15) is 5.82 Å². The first-order chi connectivity index (χ1) is 15.4. The quantitative estimate of drug-likeness (QED) is 0.490. The van der Waals surface area contributed by atoms with Crippen molar-refractivity contribution in [3.63, 3.8) is 0 Å². The highest BCUT2D eigenvalue weighted by Gasteiger charge is 2.27. The van der Waals surface area contributed by atoms with Crippen LogP contribution in [0.1, 0.15) is 64.8 Å². The van der Waals surface area contributed by atoms with Crippen LogP contribution in [0.2, 0.25) is 0 Å². The van der Waals surface area contributed by atoms with Gasteiger partial charge in [-0.3, -0.25) is 4.79 Å². The van der Waals surface area contributed by atoms with Crippen LogP contribution < -0.4 is 5.32 Å². The fourth-order valence-corrected chi connectivity index (χ4v) is 4.80. The van der Waals surface area contributed by atoms with Gasteiger partial charge in [0.25, 0.3) is 0 Å². The second-order valence-electron chi connectivity index (χ2n) is 11.2. The Morgan fingerprint density at radius 1 is 1.15 bits per heavy atom. The number of halogens is 1. The minimum absolute atomic E-state index is 0.0158. The molecule has 1 aliphatic heterocycles. The number of likely N-dealkylation sites (tertiary alicyclic amines) is 1.